The van der Waals surface area contributed by atoms with Crippen LogP contribution in [-0.2, 0) is 31.1 Å². The SMILES string of the molecule is Cc1cc(C2=Cc3ccccc3[CH]2[Zr+2]2([CH]3c4cc(C(C)(C)C)ccc4-c4ccc(C(C)(C)C)cc43)[CH2][CH2]2)c2ccccc2c1.[Cl-].[Cl-]. The second-order valence-electron chi connectivity index (χ2n) is 16.0. The van der Waals surface area contributed by atoms with E-state index >= 15 is 0 Å². The van der Waals surface area contributed by atoms with Gasteiger partial charge >= 0.3 is 270 Å². The van der Waals surface area contributed by atoms with Crippen LogP contribution in [0.4, 0.5) is 0 Å². The first-order chi connectivity index (χ1) is 21.0. The molecule has 1 heterocycles. The number of allylic oxidation sites excluding steroid dienone is 1. The summed E-state index contributed by atoms with van der Waals surface area (Å²) in [5, 5.41) is 2.76. The zero-order valence-electron chi connectivity index (χ0n) is 28.1. The fourth-order valence-corrected chi connectivity index (χ4v) is 25.6. The van der Waals surface area contributed by atoms with Gasteiger partial charge in [0.15, 0.2) is 0 Å². The van der Waals surface area contributed by atoms with Crippen LogP contribution in [0.2, 0.25) is 8.26 Å². The Balaban J connectivity index is 0.00000186. The molecule has 1 fully saturated rings. The molecule has 0 saturated carbocycles. The quantitative estimate of drug-likeness (QED) is 0.211. The average molecular weight is 723 g/mol. The van der Waals surface area contributed by atoms with Crippen LogP contribution in [0.3, 0.4) is 0 Å². The summed E-state index contributed by atoms with van der Waals surface area (Å²) >= 11 is -2.98. The first-order valence-corrected chi connectivity index (χ1v) is 22.9. The zero-order chi connectivity index (χ0) is 30.6. The van der Waals surface area contributed by atoms with E-state index in [1.165, 1.54) is 58.0 Å². The van der Waals surface area contributed by atoms with Gasteiger partial charge in [-0.1, -0.05) is 0 Å². The van der Waals surface area contributed by atoms with Crippen LogP contribution < -0.4 is 24.8 Å². The molecule has 0 nitrogen and oxygen atoms in total. The van der Waals surface area contributed by atoms with Crippen LogP contribution in [0.15, 0.2) is 97.1 Å². The van der Waals surface area contributed by atoms with Gasteiger partial charge in [0.05, 0.1) is 0 Å². The van der Waals surface area contributed by atoms with Crippen molar-refractivity contribution in [2.24, 2.45) is 0 Å². The Morgan fingerprint density at radius 3 is 1.72 bits per heavy atom. The molecular formula is C43H44Cl2Zr. The summed E-state index contributed by atoms with van der Waals surface area (Å²) < 4.78 is 4.05. The van der Waals surface area contributed by atoms with Crippen molar-refractivity contribution in [2.45, 2.75) is 74.8 Å². The Bertz CT molecular complexity index is 1950. The molecule has 0 bridgehead atoms. The Morgan fingerprint density at radius 1 is 0.565 bits per heavy atom. The maximum absolute atomic E-state index is 2.98. The fourth-order valence-electron chi connectivity index (χ4n) is 8.58. The van der Waals surface area contributed by atoms with Crippen LogP contribution in [0.5, 0.6) is 0 Å². The molecule has 234 valence electrons. The second-order valence-corrected chi connectivity index (χ2v) is 27.3. The van der Waals surface area contributed by atoms with Crippen molar-refractivity contribution < 1.29 is 45.1 Å². The van der Waals surface area contributed by atoms with Crippen molar-refractivity contribution in [2.75, 3.05) is 0 Å². The van der Waals surface area contributed by atoms with Gasteiger partial charge in [0.25, 0.3) is 0 Å². The maximum atomic E-state index is 2.64. The molecule has 5 aromatic carbocycles. The third kappa shape index (κ3) is 5.21. The molecule has 0 amide bonds. The molecule has 1 saturated heterocycles. The van der Waals surface area contributed by atoms with Crippen molar-refractivity contribution in [3.8, 4) is 11.1 Å². The van der Waals surface area contributed by atoms with E-state index in [4.69, 9.17) is 0 Å². The minimum absolute atomic E-state index is 0. The van der Waals surface area contributed by atoms with Gasteiger partial charge in [0.1, 0.15) is 0 Å². The molecule has 3 heteroatoms. The molecule has 0 N–H and O–H groups in total. The summed E-state index contributed by atoms with van der Waals surface area (Å²) in [6.45, 7) is 16.5. The van der Waals surface area contributed by atoms with Gasteiger partial charge in [-0.25, -0.2) is 0 Å². The molecule has 3 aliphatic rings. The van der Waals surface area contributed by atoms with E-state index in [9.17, 15) is 0 Å². The van der Waals surface area contributed by atoms with E-state index < -0.39 is 20.3 Å². The Hall–Kier alpha value is -2.44. The van der Waals surface area contributed by atoms with E-state index in [-0.39, 0.29) is 35.6 Å². The van der Waals surface area contributed by atoms with Crippen molar-refractivity contribution in [1.29, 1.82) is 0 Å². The molecule has 0 spiro atoms. The van der Waals surface area contributed by atoms with Crippen LogP contribution in [0, 0.1) is 6.92 Å². The number of hydrogen-bond donors (Lipinski definition) is 0. The molecule has 8 rings (SSSR count). The molecule has 46 heavy (non-hydrogen) atoms. The van der Waals surface area contributed by atoms with E-state index in [1.807, 2.05) is 0 Å². The van der Waals surface area contributed by atoms with Crippen molar-refractivity contribution in [3.63, 3.8) is 0 Å². The third-order valence-corrected chi connectivity index (χ3v) is 23.7. The number of fused-ring (bicyclic) bond motifs is 5. The zero-order valence-corrected chi connectivity index (χ0v) is 32.1. The molecule has 0 radical (unpaired) electrons. The predicted octanol–water partition coefficient (Wildman–Crippen LogP) is 6.12. The number of aryl methyl sites for hydroxylation is 1. The summed E-state index contributed by atoms with van der Waals surface area (Å²) in [6, 6.07) is 38.3. The number of benzene rings is 5. The van der Waals surface area contributed by atoms with Crippen LogP contribution >= 0.6 is 0 Å². The van der Waals surface area contributed by atoms with Crippen molar-refractivity contribution in [3.05, 3.63) is 142 Å². The fraction of sp³-hybridized carbons (Fsp3) is 0.302. The Morgan fingerprint density at radius 2 is 1.13 bits per heavy atom. The largest absolute Gasteiger partial charge is 1.00 e. The Labute approximate surface area is 293 Å². The van der Waals surface area contributed by atoms with Gasteiger partial charge in [-0.2, -0.15) is 0 Å². The third-order valence-electron chi connectivity index (χ3n) is 11.0. The van der Waals surface area contributed by atoms with Crippen molar-refractivity contribution >= 4 is 22.4 Å². The Kier molecular flexibility index (Phi) is 8.45. The first kappa shape index (κ1) is 33.5. The van der Waals surface area contributed by atoms with Crippen LogP contribution in [0.25, 0.3) is 33.5 Å². The molecule has 1 unspecified atom stereocenters. The number of halogens is 2. The minimum atomic E-state index is -2.98. The van der Waals surface area contributed by atoms with E-state index in [2.05, 4.69) is 152 Å². The molecule has 5 aromatic rings. The number of hydrogen-bond acceptors (Lipinski definition) is 0. The van der Waals surface area contributed by atoms with Gasteiger partial charge in [0.2, 0.25) is 0 Å². The number of rotatable bonds is 3. The predicted molar refractivity (Wildman–Crippen MR) is 186 cm³/mol. The maximum Gasteiger partial charge on any atom is -1.00 e. The molecule has 1 aliphatic heterocycles. The van der Waals surface area contributed by atoms with Gasteiger partial charge in [-0.3, -0.25) is 0 Å². The van der Waals surface area contributed by atoms with Gasteiger partial charge in [-0.15, -0.1) is 0 Å². The second kappa shape index (κ2) is 11.6. The summed E-state index contributed by atoms with van der Waals surface area (Å²) in [6.07, 6.45) is 2.59. The summed E-state index contributed by atoms with van der Waals surface area (Å²) in [5.74, 6) is 0. The molecule has 2 aliphatic carbocycles. The minimum Gasteiger partial charge on any atom is -1.00 e. The normalized spacial score (nSPS) is 17.1. The molecule has 1 atom stereocenters. The van der Waals surface area contributed by atoms with E-state index in [0.717, 1.165) is 0 Å². The van der Waals surface area contributed by atoms with E-state index in [1.54, 1.807) is 22.3 Å². The molecular weight excluding hydrogens is 679 g/mol. The van der Waals surface area contributed by atoms with E-state index in [0.29, 0.717) is 7.25 Å². The topological polar surface area (TPSA) is 0 Å². The van der Waals surface area contributed by atoms with Crippen molar-refractivity contribution in [1.82, 2.24) is 0 Å². The summed E-state index contributed by atoms with van der Waals surface area (Å²) in [5.41, 5.74) is 17.0. The molecule has 0 aromatic heterocycles. The van der Waals surface area contributed by atoms with Crippen LogP contribution in [0.1, 0.15) is 93.3 Å². The monoisotopic (exact) mass is 720 g/mol. The van der Waals surface area contributed by atoms with Gasteiger partial charge in [-0.05, 0) is 0 Å². The summed E-state index contributed by atoms with van der Waals surface area (Å²) in [7, 11) is 0. The van der Waals surface area contributed by atoms with Gasteiger partial charge in [0, 0.05) is 0 Å². The smallest absolute Gasteiger partial charge is 1.00 e. The standard InChI is InChI=1S/C21H25.C20H15.C2H4.2ClH.Zr/c1-20(2,3)16-7-9-18-14(12-16)11-15-13-17(21(4,5)6)8-10-19(15)18;1-14-10-17-8-4-5-9-19(17)20(11-14)18-12-15-6-2-3-7-16(15)13-18;1-2;;;/h7-13H,1-6H3;2-13H,1H3;1-2H2;2*1H;/q;;;;;+2/p-2. The first-order valence-electron chi connectivity index (χ1n) is 16.6. The average Bonchev–Trinajstić information content (AvgIpc) is 3.55. The van der Waals surface area contributed by atoms with Crippen LogP contribution in [-0.4, -0.2) is 0 Å². The summed E-state index contributed by atoms with van der Waals surface area (Å²) in [4.78, 5) is 0. The van der Waals surface area contributed by atoms with Gasteiger partial charge < -0.3 is 24.8 Å².